The Morgan fingerprint density at radius 2 is 1.71 bits per heavy atom. The Labute approximate surface area is 88.7 Å². The summed E-state index contributed by atoms with van der Waals surface area (Å²) in [5, 5.41) is 3.34. The molecule has 0 radical (unpaired) electrons. The van der Waals surface area contributed by atoms with Gasteiger partial charge < -0.3 is 5.32 Å². The van der Waals surface area contributed by atoms with Gasteiger partial charge in [0, 0.05) is 0 Å². The highest BCUT2D eigenvalue weighted by Gasteiger charge is 2.33. The van der Waals surface area contributed by atoms with Crippen molar-refractivity contribution in [1.29, 1.82) is 0 Å². The van der Waals surface area contributed by atoms with Crippen LogP contribution in [0.2, 0.25) is 0 Å². The van der Waals surface area contributed by atoms with Crippen LogP contribution in [0.3, 0.4) is 0 Å². The smallest absolute Gasteiger partial charge is 0.00234 e. The standard InChI is InChI=1S/C13H25N/c1-10-3-5-13-8-11(9-14-2)4-6-12(13)7-10/h10-14H,3-9H2,1-2H3/t10-,11?,12?,13?/m1/s1. The lowest BCUT2D eigenvalue weighted by molar-refractivity contribution is 0.104. The molecule has 0 saturated heterocycles. The molecule has 2 fully saturated rings. The molecule has 0 heterocycles. The van der Waals surface area contributed by atoms with Gasteiger partial charge in [-0.05, 0) is 69.4 Å². The first kappa shape index (κ1) is 10.5. The average Bonchev–Trinajstić information content (AvgIpc) is 2.19. The van der Waals surface area contributed by atoms with Crippen LogP contribution in [-0.2, 0) is 0 Å². The minimum atomic E-state index is 0.981. The van der Waals surface area contributed by atoms with E-state index in [4.69, 9.17) is 0 Å². The Bertz CT molecular complexity index is 178. The van der Waals surface area contributed by atoms with Gasteiger partial charge in [0.2, 0.25) is 0 Å². The van der Waals surface area contributed by atoms with E-state index in [1.165, 1.54) is 45.1 Å². The molecule has 0 aromatic heterocycles. The van der Waals surface area contributed by atoms with Gasteiger partial charge in [0.1, 0.15) is 0 Å². The molecule has 2 aliphatic carbocycles. The highest BCUT2D eigenvalue weighted by atomic mass is 14.8. The first-order chi connectivity index (χ1) is 6.79. The summed E-state index contributed by atoms with van der Waals surface area (Å²) in [5.41, 5.74) is 0. The van der Waals surface area contributed by atoms with Crippen LogP contribution in [0.4, 0.5) is 0 Å². The van der Waals surface area contributed by atoms with Crippen molar-refractivity contribution in [3.05, 3.63) is 0 Å². The normalized spacial score (nSPS) is 43.3. The number of rotatable bonds is 2. The molecule has 82 valence electrons. The van der Waals surface area contributed by atoms with Crippen LogP contribution in [0.15, 0.2) is 0 Å². The third kappa shape index (κ3) is 2.31. The predicted octanol–water partition coefficient (Wildman–Crippen LogP) is 3.06. The fourth-order valence-corrected chi connectivity index (χ4v) is 3.70. The molecule has 1 heteroatoms. The molecule has 0 bridgehead atoms. The van der Waals surface area contributed by atoms with E-state index in [1.807, 2.05) is 0 Å². The Morgan fingerprint density at radius 1 is 1.00 bits per heavy atom. The molecule has 2 saturated carbocycles. The van der Waals surface area contributed by atoms with E-state index in [-0.39, 0.29) is 0 Å². The summed E-state index contributed by atoms with van der Waals surface area (Å²) in [6, 6.07) is 0. The molecule has 2 aliphatic rings. The Hall–Kier alpha value is -0.0400. The maximum atomic E-state index is 3.34. The van der Waals surface area contributed by atoms with Crippen LogP contribution in [0.5, 0.6) is 0 Å². The van der Waals surface area contributed by atoms with Crippen molar-refractivity contribution in [3.8, 4) is 0 Å². The van der Waals surface area contributed by atoms with Gasteiger partial charge in [0.05, 0.1) is 0 Å². The quantitative estimate of drug-likeness (QED) is 0.714. The van der Waals surface area contributed by atoms with Crippen LogP contribution in [0.1, 0.15) is 45.4 Å². The molecule has 0 spiro atoms. The van der Waals surface area contributed by atoms with Crippen LogP contribution in [0.25, 0.3) is 0 Å². The van der Waals surface area contributed by atoms with E-state index in [1.54, 1.807) is 0 Å². The molecule has 0 amide bonds. The van der Waals surface area contributed by atoms with Gasteiger partial charge in [-0.2, -0.15) is 0 Å². The summed E-state index contributed by atoms with van der Waals surface area (Å²) >= 11 is 0. The maximum absolute atomic E-state index is 3.34. The first-order valence-electron chi connectivity index (χ1n) is 6.44. The lowest BCUT2D eigenvalue weighted by Gasteiger charge is -2.41. The van der Waals surface area contributed by atoms with Crippen molar-refractivity contribution in [1.82, 2.24) is 5.32 Å². The van der Waals surface area contributed by atoms with Crippen LogP contribution >= 0.6 is 0 Å². The van der Waals surface area contributed by atoms with Gasteiger partial charge in [-0.25, -0.2) is 0 Å². The number of hydrogen-bond acceptors (Lipinski definition) is 1. The average molecular weight is 195 g/mol. The maximum Gasteiger partial charge on any atom is -0.00234 e. The molecule has 4 atom stereocenters. The largest absolute Gasteiger partial charge is 0.319 e. The van der Waals surface area contributed by atoms with Crippen LogP contribution in [0, 0.1) is 23.7 Å². The predicted molar refractivity (Wildman–Crippen MR) is 61.3 cm³/mol. The number of nitrogens with one attached hydrogen (secondary N) is 1. The molecule has 2 rings (SSSR count). The summed E-state index contributed by atoms with van der Waals surface area (Å²) in [7, 11) is 2.09. The fourth-order valence-electron chi connectivity index (χ4n) is 3.70. The van der Waals surface area contributed by atoms with Crippen LogP contribution in [-0.4, -0.2) is 13.6 Å². The van der Waals surface area contributed by atoms with Crippen molar-refractivity contribution >= 4 is 0 Å². The zero-order valence-corrected chi connectivity index (χ0v) is 9.76. The zero-order valence-electron chi connectivity index (χ0n) is 9.76. The molecular weight excluding hydrogens is 170 g/mol. The molecular formula is C13H25N. The summed E-state index contributed by atoms with van der Waals surface area (Å²) in [6.45, 7) is 3.69. The minimum absolute atomic E-state index is 0.981. The second-order valence-electron chi connectivity index (χ2n) is 5.68. The van der Waals surface area contributed by atoms with Crippen LogP contribution < -0.4 is 5.32 Å². The number of fused-ring (bicyclic) bond motifs is 1. The summed E-state index contributed by atoms with van der Waals surface area (Å²) in [6.07, 6.45) is 9.05. The monoisotopic (exact) mass is 195 g/mol. The zero-order chi connectivity index (χ0) is 9.97. The van der Waals surface area contributed by atoms with Gasteiger partial charge in [-0.1, -0.05) is 13.3 Å². The van der Waals surface area contributed by atoms with Crippen molar-refractivity contribution in [3.63, 3.8) is 0 Å². The van der Waals surface area contributed by atoms with E-state index < -0.39 is 0 Å². The first-order valence-corrected chi connectivity index (χ1v) is 6.44. The molecule has 0 aromatic carbocycles. The molecule has 14 heavy (non-hydrogen) atoms. The molecule has 0 aromatic rings. The van der Waals surface area contributed by atoms with Gasteiger partial charge in [-0.15, -0.1) is 0 Å². The number of hydrogen-bond donors (Lipinski definition) is 1. The van der Waals surface area contributed by atoms with Gasteiger partial charge in [-0.3, -0.25) is 0 Å². The van der Waals surface area contributed by atoms with Crippen molar-refractivity contribution < 1.29 is 0 Å². The van der Waals surface area contributed by atoms with Crippen molar-refractivity contribution in [2.45, 2.75) is 45.4 Å². The lowest BCUT2D eigenvalue weighted by Crippen LogP contribution is -2.33. The van der Waals surface area contributed by atoms with Crippen molar-refractivity contribution in [2.24, 2.45) is 23.7 Å². The highest BCUT2D eigenvalue weighted by molar-refractivity contribution is 4.85. The van der Waals surface area contributed by atoms with E-state index in [9.17, 15) is 0 Å². The van der Waals surface area contributed by atoms with Crippen molar-refractivity contribution in [2.75, 3.05) is 13.6 Å². The topological polar surface area (TPSA) is 12.0 Å². The second-order valence-corrected chi connectivity index (χ2v) is 5.68. The third-order valence-electron chi connectivity index (χ3n) is 4.48. The molecule has 0 aliphatic heterocycles. The SMILES string of the molecule is CNCC1CCC2C[C@H](C)CCC2C1. The Balaban J connectivity index is 1.85. The van der Waals surface area contributed by atoms with Gasteiger partial charge in [0.25, 0.3) is 0 Å². The van der Waals surface area contributed by atoms with Gasteiger partial charge >= 0.3 is 0 Å². The third-order valence-corrected chi connectivity index (χ3v) is 4.48. The Kier molecular flexibility index (Phi) is 3.48. The fraction of sp³-hybridized carbons (Fsp3) is 1.00. The molecule has 3 unspecified atom stereocenters. The highest BCUT2D eigenvalue weighted by Crippen LogP contribution is 2.44. The van der Waals surface area contributed by atoms with E-state index >= 15 is 0 Å². The Morgan fingerprint density at radius 3 is 2.50 bits per heavy atom. The summed E-state index contributed by atoms with van der Waals surface area (Å²) < 4.78 is 0. The summed E-state index contributed by atoms with van der Waals surface area (Å²) in [4.78, 5) is 0. The molecule has 1 nitrogen and oxygen atoms in total. The molecule has 1 N–H and O–H groups in total. The van der Waals surface area contributed by atoms with E-state index in [0.717, 1.165) is 23.7 Å². The van der Waals surface area contributed by atoms with E-state index in [0.29, 0.717) is 0 Å². The minimum Gasteiger partial charge on any atom is -0.319 e. The van der Waals surface area contributed by atoms with Gasteiger partial charge in [0.15, 0.2) is 0 Å². The van der Waals surface area contributed by atoms with E-state index in [2.05, 4.69) is 19.3 Å². The second kappa shape index (κ2) is 4.65. The lowest BCUT2D eigenvalue weighted by atomic mass is 9.65. The summed E-state index contributed by atoms with van der Waals surface area (Å²) in [5.74, 6) is 4.16.